The van der Waals surface area contributed by atoms with Crippen LogP contribution in [0.1, 0.15) is 51.4 Å². The third kappa shape index (κ3) is 4.82. The van der Waals surface area contributed by atoms with E-state index < -0.39 is 8.72 Å². The topological polar surface area (TPSA) is 21.8 Å². The van der Waals surface area contributed by atoms with E-state index in [0.717, 1.165) is 0 Å². The van der Waals surface area contributed by atoms with E-state index in [2.05, 4.69) is 178 Å². The second kappa shape index (κ2) is 11.6. The van der Waals surface area contributed by atoms with Gasteiger partial charge in [0.1, 0.15) is 0 Å². The number of nitrogens with zero attached hydrogens (tertiary/aromatic N) is 3. The van der Waals surface area contributed by atoms with Crippen LogP contribution in [-0.4, -0.2) is 8.72 Å². The third-order valence-electron chi connectivity index (χ3n) is 8.49. The van der Waals surface area contributed by atoms with Crippen molar-refractivity contribution < 1.29 is 0 Å². The molecule has 216 valence electrons. The Kier molecular flexibility index (Phi) is 8.07. The predicted molar refractivity (Wildman–Crippen MR) is 184 cm³/mol. The summed E-state index contributed by atoms with van der Waals surface area (Å²) in [5.74, 6) is 0. The number of allylic oxidation sites excluding steroid dienone is 1. The molecular weight excluding hydrogens is 529 g/mol. The zero-order valence-corrected chi connectivity index (χ0v) is 27.6. The molecule has 0 atom stereocenters. The molecule has 0 amide bonds. The molecule has 4 aromatic rings. The predicted octanol–water partition coefficient (Wildman–Crippen LogP) is 9.54. The van der Waals surface area contributed by atoms with Crippen molar-refractivity contribution in [3.8, 4) is 0 Å². The van der Waals surface area contributed by atoms with Gasteiger partial charge in [0, 0.05) is 35.1 Å². The number of benzene rings is 4. The Balaban J connectivity index is 1.96. The van der Waals surface area contributed by atoms with Crippen molar-refractivity contribution >= 4 is 31.5 Å². The molecule has 0 aromatic heterocycles. The molecule has 0 aliphatic carbocycles. The van der Waals surface area contributed by atoms with Crippen LogP contribution < -0.4 is 18.7 Å². The summed E-state index contributed by atoms with van der Waals surface area (Å²) in [7, 11) is -3.20. The first kappa shape index (κ1) is 29.3. The fraction of sp³-hybridized carbons (Fsp3) is 0.243. The highest BCUT2D eigenvalue weighted by molar-refractivity contribution is 6.94. The molecule has 4 nitrogen and oxygen atoms in total. The van der Waals surface area contributed by atoms with Gasteiger partial charge >= 0.3 is 8.72 Å². The summed E-state index contributed by atoms with van der Waals surface area (Å²) in [6.07, 6.45) is 9.07. The van der Waals surface area contributed by atoms with E-state index in [9.17, 15) is 0 Å². The van der Waals surface area contributed by atoms with Gasteiger partial charge in [-0.25, -0.2) is 0 Å². The first-order valence-corrected chi connectivity index (χ1v) is 16.7. The standard InChI is InChI=1S/C37H44N4Si/c1-10-23-39(35-28(4)17-12-18-29(35)5)42(38-34-26(2)15-11-16-27(34)3)40(36-30(6)19-13-20-31(36)7)24-25-41(42)37-32(8)21-14-22-33(37)9/h10-25,38H,1-9H3/b23-10-. The van der Waals surface area contributed by atoms with Crippen LogP contribution in [0.3, 0.4) is 0 Å². The number of para-hydroxylation sites is 4. The first-order valence-electron chi connectivity index (χ1n) is 14.8. The van der Waals surface area contributed by atoms with E-state index in [-0.39, 0.29) is 0 Å². The molecule has 0 spiro atoms. The average molecular weight is 573 g/mol. The minimum absolute atomic E-state index is 1.18. The Morgan fingerprint density at radius 1 is 0.548 bits per heavy atom. The van der Waals surface area contributed by atoms with E-state index >= 15 is 0 Å². The molecule has 0 saturated carbocycles. The Hall–Kier alpha value is -4.22. The van der Waals surface area contributed by atoms with Crippen molar-refractivity contribution in [2.45, 2.75) is 62.3 Å². The first-order chi connectivity index (χ1) is 20.1. The van der Waals surface area contributed by atoms with Crippen LogP contribution in [0.2, 0.25) is 0 Å². The van der Waals surface area contributed by atoms with Crippen LogP contribution in [0.5, 0.6) is 0 Å². The lowest BCUT2D eigenvalue weighted by atomic mass is 10.1. The van der Waals surface area contributed by atoms with Crippen molar-refractivity contribution in [2.75, 3.05) is 18.7 Å². The Labute approximate surface area is 253 Å². The molecule has 1 aliphatic rings. The molecule has 0 bridgehead atoms. The molecule has 5 heteroatoms. The zero-order valence-electron chi connectivity index (χ0n) is 26.6. The summed E-state index contributed by atoms with van der Waals surface area (Å²) in [6, 6.07) is 26.5. The Morgan fingerprint density at radius 2 is 0.905 bits per heavy atom. The van der Waals surface area contributed by atoms with Crippen LogP contribution in [-0.2, 0) is 0 Å². The maximum absolute atomic E-state index is 4.34. The number of aryl methyl sites for hydroxylation is 8. The highest BCUT2D eigenvalue weighted by atomic mass is 28.4. The lowest BCUT2D eigenvalue weighted by Gasteiger charge is -2.50. The largest absolute Gasteiger partial charge is 0.513 e. The monoisotopic (exact) mass is 572 g/mol. The molecule has 1 N–H and O–H groups in total. The lowest BCUT2D eigenvalue weighted by molar-refractivity contribution is 1.13. The number of rotatable bonds is 7. The molecule has 0 saturated heterocycles. The molecule has 1 heterocycles. The van der Waals surface area contributed by atoms with Gasteiger partial charge in [0.05, 0.1) is 0 Å². The van der Waals surface area contributed by atoms with Gasteiger partial charge in [-0.05, 0) is 113 Å². The van der Waals surface area contributed by atoms with Crippen molar-refractivity contribution in [3.63, 3.8) is 0 Å². The normalized spacial score (nSPS) is 14.2. The van der Waals surface area contributed by atoms with Gasteiger partial charge in [0.25, 0.3) is 0 Å². The Morgan fingerprint density at radius 3 is 1.29 bits per heavy atom. The van der Waals surface area contributed by atoms with Gasteiger partial charge in [0.2, 0.25) is 0 Å². The zero-order chi connectivity index (χ0) is 30.2. The summed E-state index contributed by atoms with van der Waals surface area (Å²) < 4.78 is 7.71. The minimum Gasteiger partial charge on any atom is -0.359 e. The average Bonchev–Trinajstić information content (AvgIpc) is 3.29. The third-order valence-corrected chi connectivity index (χ3v) is 12.2. The highest BCUT2D eigenvalue weighted by Gasteiger charge is 2.58. The van der Waals surface area contributed by atoms with Gasteiger partial charge in [-0.15, -0.1) is 0 Å². The molecule has 4 aromatic carbocycles. The van der Waals surface area contributed by atoms with Gasteiger partial charge < -0.3 is 18.7 Å². The molecule has 0 fully saturated rings. The molecule has 5 rings (SSSR count). The van der Waals surface area contributed by atoms with Crippen LogP contribution in [0.4, 0.5) is 22.7 Å². The van der Waals surface area contributed by atoms with Crippen molar-refractivity contribution in [2.24, 2.45) is 0 Å². The van der Waals surface area contributed by atoms with Gasteiger partial charge in [0.15, 0.2) is 0 Å². The Bertz CT molecular complexity index is 1540. The van der Waals surface area contributed by atoms with Crippen molar-refractivity contribution in [3.05, 3.63) is 142 Å². The van der Waals surface area contributed by atoms with Crippen LogP contribution in [0.25, 0.3) is 0 Å². The second-order valence-corrected chi connectivity index (χ2v) is 14.6. The van der Waals surface area contributed by atoms with E-state index in [1.807, 2.05) is 0 Å². The highest BCUT2D eigenvalue weighted by Crippen LogP contribution is 2.44. The van der Waals surface area contributed by atoms with Gasteiger partial charge in [-0.3, -0.25) is 0 Å². The molecule has 1 aliphatic heterocycles. The number of nitrogens with one attached hydrogen (secondary N) is 1. The summed E-state index contributed by atoms with van der Waals surface area (Å²) >= 11 is 0. The fourth-order valence-corrected chi connectivity index (χ4v) is 11.2. The summed E-state index contributed by atoms with van der Waals surface area (Å²) in [5, 5.41) is 0. The van der Waals surface area contributed by atoms with Crippen LogP contribution >= 0.6 is 0 Å². The minimum atomic E-state index is -3.20. The van der Waals surface area contributed by atoms with Crippen LogP contribution in [0, 0.1) is 55.4 Å². The smallest absolute Gasteiger partial charge is 0.359 e. The number of hydrogen-bond acceptors (Lipinski definition) is 4. The molecule has 0 unspecified atom stereocenters. The van der Waals surface area contributed by atoms with E-state index in [1.165, 1.54) is 67.3 Å². The van der Waals surface area contributed by atoms with E-state index in [1.54, 1.807) is 0 Å². The molecule has 42 heavy (non-hydrogen) atoms. The van der Waals surface area contributed by atoms with E-state index in [4.69, 9.17) is 0 Å². The van der Waals surface area contributed by atoms with Gasteiger partial charge in [-0.1, -0.05) is 78.9 Å². The SMILES string of the molecule is C/C=C\N(c1c(C)cccc1C)[Si]1(Nc2c(C)cccc2C)N(c2c(C)cccc2C)C=CN1c1c(C)cccc1C. The molecular formula is C37H44N4Si. The lowest BCUT2D eigenvalue weighted by Crippen LogP contribution is -2.76. The summed E-state index contributed by atoms with van der Waals surface area (Å²) in [6.45, 7) is 19.9. The quantitative estimate of drug-likeness (QED) is 0.223. The van der Waals surface area contributed by atoms with E-state index in [0.29, 0.717) is 0 Å². The maximum atomic E-state index is 4.34. The summed E-state index contributed by atoms with van der Waals surface area (Å²) in [4.78, 5) is 4.34. The second-order valence-electron chi connectivity index (χ2n) is 11.6. The van der Waals surface area contributed by atoms with Crippen molar-refractivity contribution in [1.29, 1.82) is 0 Å². The number of anilines is 4. The number of hydrogen-bond donors (Lipinski definition) is 1. The van der Waals surface area contributed by atoms with Crippen LogP contribution in [0.15, 0.2) is 97.5 Å². The summed E-state index contributed by atoms with van der Waals surface area (Å²) in [5.41, 5.74) is 14.9. The van der Waals surface area contributed by atoms with Gasteiger partial charge in [-0.2, -0.15) is 0 Å². The molecule has 0 radical (unpaired) electrons. The fourth-order valence-electron chi connectivity index (χ4n) is 6.55. The maximum Gasteiger partial charge on any atom is 0.513 e. The van der Waals surface area contributed by atoms with Crippen molar-refractivity contribution in [1.82, 2.24) is 0 Å².